The lowest BCUT2D eigenvalue weighted by molar-refractivity contribution is -0.384. The van der Waals surface area contributed by atoms with E-state index in [-0.39, 0.29) is 11.3 Å². The molecular formula is C18H15N3O3S. The van der Waals surface area contributed by atoms with E-state index in [1.54, 1.807) is 0 Å². The normalized spacial score (nSPS) is 15.9. The van der Waals surface area contributed by atoms with E-state index in [0.717, 1.165) is 30.5 Å². The van der Waals surface area contributed by atoms with Gasteiger partial charge in [-0.2, -0.15) is 5.26 Å². The molecule has 0 saturated heterocycles. The van der Waals surface area contributed by atoms with Crippen LogP contribution in [0.2, 0.25) is 0 Å². The van der Waals surface area contributed by atoms with Crippen LogP contribution >= 0.6 is 11.8 Å². The van der Waals surface area contributed by atoms with E-state index in [1.807, 2.05) is 6.07 Å². The Morgan fingerprint density at radius 2 is 2.24 bits per heavy atom. The highest BCUT2D eigenvalue weighted by molar-refractivity contribution is 7.99. The van der Waals surface area contributed by atoms with E-state index < -0.39 is 4.92 Å². The van der Waals surface area contributed by atoms with Crippen LogP contribution in [-0.4, -0.2) is 16.2 Å². The zero-order chi connectivity index (χ0) is 18.0. The first kappa shape index (κ1) is 17.1. The molecule has 1 aromatic carbocycles. The van der Waals surface area contributed by atoms with Gasteiger partial charge in [-0.05, 0) is 42.9 Å². The Labute approximate surface area is 149 Å². The van der Waals surface area contributed by atoms with Crippen molar-refractivity contribution in [2.24, 2.45) is 5.92 Å². The van der Waals surface area contributed by atoms with Gasteiger partial charge in [0.2, 0.25) is 0 Å². The maximum Gasteiger partial charge on any atom is 0.270 e. The number of carbonyl (C=O) groups excluding carboxylic acids is 1. The Morgan fingerprint density at radius 1 is 1.44 bits per heavy atom. The van der Waals surface area contributed by atoms with Gasteiger partial charge >= 0.3 is 0 Å². The van der Waals surface area contributed by atoms with Crippen molar-refractivity contribution in [3.05, 3.63) is 56.8 Å². The Morgan fingerprint density at radius 3 is 2.92 bits per heavy atom. The molecule has 1 aromatic heterocycles. The smallest absolute Gasteiger partial charge is 0.270 e. The number of nitro groups is 1. The summed E-state index contributed by atoms with van der Waals surface area (Å²) in [6.07, 6.45) is 3.43. The quantitative estimate of drug-likeness (QED) is 0.469. The monoisotopic (exact) mass is 353 g/mol. The number of pyridine rings is 1. The number of nitrogens with zero attached hydrogens (tertiary/aromatic N) is 3. The molecule has 6 nitrogen and oxygen atoms in total. The topological polar surface area (TPSA) is 96.9 Å². The molecule has 0 bridgehead atoms. The van der Waals surface area contributed by atoms with Gasteiger partial charge < -0.3 is 0 Å². The number of rotatable bonds is 4. The summed E-state index contributed by atoms with van der Waals surface area (Å²) in [7, 11) is 0. The molecule has 0 saturated carbocycles. The zero-order valence-electron chi connectivity index (χ0n) is 13.6. The Balaban J connectivity index is 1.99. The molecule has 0 unspecified atom stereocenters. The maximum absolute atomic E-state index is 11.3. The van der Waals surface area contributed by atoms with Crippen molar-refractivity contribution in [2.75, 3.05) is 0 Å². The van der Waals surface area contributed by atoms with E-state index in [2.05, 4.69) is 18.0 Å². The second-order valence-electron chi connectivity index (χ2n) is 6.11. The number of hydrogen-bond donors (Lipinski definition) is 0. The molecule has 0 spiro atoms. The lowest BCUT2D eigenvalue weighted by atomic mass is 9.87. The molecule has 0 fully saturated rings. The van der Waals surface area contributed by atoms with Gasteiger partial charge in [-0.3, -0.25) is 14.9 Å². The van der Waals surface area contributed by atoms with Crippen LogP contribution in [0.1, 0.15) is 40.5 Å². The fourth-order valence-electron chi connectivity index (χ4n) is 2.92. The third kappa shape index (κ3) is 3.54. The number of nitriles is 1. The van der Waals surface area contributed by atoms with Gasteiger partial charge in [0.1, 0.15) is 11.1 Å². The number of aldehydes is 1. The average molecular weight is 353 g/mol. The van der Waals surface area contributed by atoms with Crippen molar-refractivity contribution in [1.82, 2.24) is 4.98 Å². The second kappa shape index (κ2) is 7.03. The van der Waals surface area contributed by atoms with Crippen molar-refractivity contribution in [1.29, 1.82) is 5.26 Å². The molecule has 0 N–H and O–H groups in total. The summed E-state index contributed by atoms with van der Waals surface area (Å²) < 4.78 is 0. The van der Waals surface area contributed by atoms with Gasteiger partial charge in [0.15, 0.2) is 6.29 Å². The number of aryl methyl sites for hydroxylation is 1. The molecule has 2 aromatic rings. The number of benzene rings is 1. The molecule has 126 valence electrons. The number of aromatic nitrogens is 1. The lowest BCUT2D eigenvalue weighted by Crippen LogP contribution is -2.14. The van der Waals surface area contributed by atoms with Gasteiger partial charge in [-0.25, -0.2) is 4.98 Å². The number of carbonyl (C=O) groups is 1. The highest BCUT2D eigenvalue weighted by Gasteiger charge is 2.20. The van der Waals surface area contributed by atoms with Crippen molar-refractivity contribution >= 4 is 23.7 Å². The zero-order valence-corrected chi connectivity index (χ0v) is 14.4. The Kier molecular flexibility index (Phi) is 4.81. The Hall–Kier alpha value is -2.72. The number of non-ortho nitro benzene ring substituents is 1. The van der Waals surface area contributed by atoms with Crippen molar-refractivity contribution in [2.45, 2.75) is 36.1 Å². The highest BCUT2D eigenvalue weighted by atomic mass is 32.2. The summed E-state index contributed by atoms with van der Waals surface area (Å²) in [5.74, 6) is 0.579. The van der Waals surface area contributed by atoms with E-state index in [1.165, 1.54) is 30.0 Å². The number of fused-ring (bicyclic) bond motifs is 1. The van der Waals surface area contributed by atoms with Gasteiger partial charge in [0, 0.05) is 28.3 Å². The molecule has 7 heteroatoms. The summed E-state index contributed by atoms with van der Waals surface area (Å²) in [6, 6.07) is 8.16. The molecule has 25 heavy (non-hydrogen) atoms. The maximum atomic E-state index is 11.3. The van der Waals surface area contributed by atoms with Gasteiger partial charge in [-0.15, -0.1) is 0 Å². The van der Waals surface area contributed by atoms with Gasteiger partial charge in [-0.1, -0.05) is 18.7 Å². The van der Waals surface area contributed by atoms with Crippen LogP contribution in [0.15, 0.2) is 34.2 Å². The van der Waals surface area contributed by atoms with Gasteiger partial charge in [0.05, 0.1) is 10.5 Å². The first-order valence-corrected chi connectivity index (χ1v) is 8.68. The van der Waals surface area contributed by atoms with Crippen LogP contribution < -0.4 is 0 Å². The van der Waals surface area contributed by atoms with Gasteiger partial charge in [0.25, 0.3) is 5.69 Å². The van der Waals surface area contributed by atoms with Crippen LogP contribution in [-0.2, 0) is 12.8 Å². The Bertz CT molecular complexity index is 905. The summed E-state index contributed by atoms with van der Waals surface area (Å²) in [5.41, 5.74) is 2.65. The summed E-state index contributed by atoms with van der Waals surface area (Å²) in [6.45, 7) is 2.19. The molecule has 1 aliphatic rings. The molecule has 3 rings (SSSR count). The van der Waals surface area contributed by atoms with Crippen molar-refractivity contribution in [3.63, 3.8) is 0 Å². The molecule has 0 aliphatic heterocycles. The molecule has 1 aliphatic carbocycles. The van der Waals surface area contributed by atoms with Crippen LogP contribution in [0.25, 0.3) is 0 Å². The van der Waals surface area contributed by atoms with E-state index in [0.29, 0.717) is 27.7 Å². The fraction of sp³-hybridized carbons (Fsp3) is 0.278. The predicted molar refractivity (Wildman–Crippen MR) is 92.7 cm³/mol. The van der Waals surface area contributed by atoms with E-state index in [9.17, 15) is 20.2 Å². The highest BCUT2D eigenvalue weighted by Crippen LogP contribution is 2.35. The van der Waals surface area contributed by atoms with E-state index in [4.69, 9.17) is 0 Å². The standard InChI is InChI=1S/C18H15N3O3S/c1-11-2-4-16-12(6-11)7-13(9-19)18(20-16)25-17-5-3-15(21(23)24)8-14(17)10-22/h3,5,7-8,10-11H,2,4,6H2,1H3/t11-/m0/s1. The van der Waals surface area contributed by atoms with Crippen LogP contribution in [0.3, 0.4) is 0 Å². The largest absolute Gasteiger partial charge is 0.298 e. The summed E-state index contributed by atoms with van der Waals surface area (Å²) in [5, 5.41) is 20.8. The van der Waals surface area contributed by atoms with E-state index >= 15 is 0 Å². The predicted octanol–water partition coefficient (Wildman–Crippen LogP) is 3.95. The third-order valence-electron chi connectivity index (χ3n) is 4.26. The third-order valence-corrected chi connectivity index (χ3v) is 5.35. The number of hydrogen-bond acceptors (Lipinski definition) is 6. The first-order chi connectivity index (χ1) is 12.0. The molecule has 1 heterocycles. The lowest BCUT2D eigenvalue weighted by Gasteiger charge is -2.21. The first-order valence-electron chi connectivity index (χ1n) is 7.86. The summed E-state index contributed by atoms with van der Waals surface area (Å²) in [4.78, 5) is 26.8. The van der Waals surface area contributed by atoms with Crippen LogP contribution in [0.5, 0.6) is 0 Å². The van der Waals surface area contributed by atoms with Crippen LogP contribution in [0.4, 0.5) is 5.69 Å². The summed E-state index contributed by atoms with van der Waals surface area (Å²) >= 11 is 1.20. The molecular weight excluding hydrogens is 338 g/mol. The molecule has 0 amide bonds. The molecule has 0 radical (unpaired) electrons. The fourth-order valence-corrected chi connectivity index (χ4v) is 3.86. The van der Waals surface area contributed by atoms with Crippen molar-refractivity contribution in [3.8, 4) is 6.07 Å². The minimum absolute atomic E-state index is 0.139. The SMILES string of the molecule is C[C@H]1CCc2nc(Sc3ccc([N+](=O)[O-])cc3C=O)c(C#N)cc2C1. The van der Waals surface area contributed by atoms with Crippen LogP contribution in [0, 0.1) is 27.4 Å². The average Bonchev–Trinajstić information content (AvgIpc) is 2.61. The van der Waals surface area contributed by atoms with Crippen molar-refractivity contribution < 1.29 is 9.72 Å². The second-order valence-corrected chi connectivity index (χ2v) is 7.14. The minimum Gasteiger partial charge on any atom is -0.298 e. The number of nitro benzene ring substituents is 1. The molecule has 1 atom stereocenters. The minimum atomic E-state index is -0.541.